The molecule has 6 atom stereocenters. The SMILES string of the molecule is CNC1C(COC(=O)CCC(=O)O)C(OC(=O)c2ccccc2)C2C(C)CCC12. The van der Waals surface area contributed by atoms with Gasteiger partial charge in [-0.25, -0.2) is 4.79 Å². The average Bonchev–Trinajstić information content (AvgIpc) is 3.23. The van der Waals surface area contributed by atoms with Crippen LogP contribution in [0.3, 0.4) is 0 Å². The van der Waals surface area contributed by atoms with Crippen LogP contribution in [0.4, 0.5) is 0 Å². The van der Waals surface area contributed by atoms with Crippen molar-refractivity contribution in [3.63, 3.8) is 0 Å². The van der Waals surface area contributed by atoms with E-state index in [1.165, 1.54) is 0 Å². The van der Waals surface area contributed by atoms with Crippen molar-refractivity contribution in [2.45, 2.75) is 44.8 Å². The standard InChI is InChI=1S/C22H29NO6/c1-13-8-9-15-19(13)21(29-22(27)14-6-4-3-5-7-14)16(20(15)23-2)12-28-18(26)11-10-17(24)25/h3-7,13,15-16,19-21,23H,8-12H2,1-2H3,(H,24,25). The summed E-state index contributed by atoms with van der Waals surface area (Å²) in [6.07, 6.45) is 1.35. The zero-order valence-electron chi connectivity index (χ0n) is 16.9. The van der Waals surface area contributed by atoms with E-state index >= 15 is 0 Å². The first-order valence-electron chi connectivity index (χ1n) is 10.2. The Labute approximate surface area is 170 Å². The molecule has 1 aromatic rings. The van der Waals surface area contributed by atoms with Crippen molar-refractivity contribution < 1.29 is 29.0 Å². The Morgan fingerprint density at radius 1 is 1.14 bits per heavy atom. The van der Waals surface area contributed by atoms with Crippen LogP contribution in [-0.2, 0) is 19.1 Å². The molecular weight excluding hydrogens is 374 g/mol. The van der Waals surface area contributed by atoms with E-state index < -0.39 is 11.9 Å². The van der Waals surface area contributed by atoms with Crippen LogP contribution < -0.4 is 5.32 Å². The molecule has 2 saturated carbocycles. The monoisotopic (exact) mass is 403 g/mol. The van der Waals surface area contributed by atoms with E-state index in [1.807, 2.05) is 13.1 Å². The number of fused-ring (bicyclic) bond motifs is 1. The molecule has 158 valence electrons. The molecule has 3 rings (SSSR count). The highest BCUT2D eigenvalue weighted by Gasteiger charge is 2.56. The summed E-state index contributed by atoms with van der Waals surface area (Å²) in [6.45, 7) is 2.29. The molecule has 2 aliphatic carbocycles. The maximum atomic E-state index is 12.7. The molecule has 2 fully saturated rings. The van der Waals surface area contributed by atoms with Crippen molar-refractivity contribution in [2.24, 2.45) is 23.7 Å². The Kier molecular flexibility index (Phi) is 6.90. The highest BCUT2D eigenvalue weighted by Crippen LogP contribution is 2.51. The number of esters is 2. The maximum absolute atomic E-state index is 12.7. The molecule has 7 nitrogen and oxygen atoms in total. The van der Waals surface area contributed by atoms with Crippen molar-refractivity contribution in [1.82, 2.24) is 5.32 Å². The zero-order valence-corrected chi connectivity index (χ0v) is 16.9. The van der Waals surface area contributed by atoms with E-state index in [2.05, 4.69) is 12.2 Å². The van der Waals surface area contributed by atoms with Crippen LogP contribution in [0.25, 0.3) is 0 Å². The molecule has 0 saturated heterocycles. The van der Waals surface area contributed by atoms with Crippen molar-refractivity contribution in [3.8, 4) is 0 Å². The normalized spacial score (nSPS) is 30.6. The number of aliphatic carboxylic acids is 1. The molecule has 7 heteroatoms. The second kappa shape index (κ2) is 9.39. The first-order chi connectivity index (χ1) is 13.9. The number of benzene rings is 1. The summed E-state index contributed by atoms with van der Waals surface area (Å²) in [6, 6.07) is 8.96. The third-order valence-electron chi connectivity index (χ3n) is 6.40. The van der Waals surface area contributed by atoms with Crippen LogP contribution in [0.2, 0.25) is 0 Å². The van der Waals surface area contributed by atoms with E-state index in [1.54, 1.807) is 24.3 Å². The molecule has 0 heterocycles. The van der Waals surface area contributed by atoms with Gasteiger partial charge in [0.25, 0.3) is 0 Å². The number of carbonyl (C=O) groups is 3. The molecule has 0 aromatic heterocycles. The van der Waals surface area contributed by atoms with Crippen LogP contribution in [0, 0.1) is 23.7 Å². The molecule has 0 amide bonds. The molecule has 1 aromatic carbocycles. The lowest BCUT2D eigenvalue weighted by Gasteiger charge is -2.28. The van der Waals surface area contributed by atoms with Crippen LogP contribution >= 0.6 is 0 Å². The third-order valence-corrected chi connectivity index (χ3v) is 6.40. The minimum absolute atomic E-state index is 0.0748. The van der Waals surface area contributed by atoms with Gasteiger partial charge in [-0.2, -0.15) is 0 Å². The lowest BCUT2D eigenvalue weighted by atomic mass is 9.90. The predicted octanol–water partition coefficient (Wildman–Crippen LogP) is 2.50. The number of ether oxygens (including phenoxy) is 2. The van der Waals surface area contributed by atoms with Gasteiger partial charge in [0, 0.05) is 17.9 Å². The highest BCUT2D eigenvalue weighted by atomic mass is 16.6. The van der Waals surface area contributed by atoms with Crippen LogP contribution in [-0.4, -0.2) is 48.8 Å². The van der Waals surface area contributed by atoms with Gasteiger partial charge in [0.1, 0.15) is 6.10 Å². The Hall–Kier alpha value is -2.41. The Morgan fingerprint density at radius 3 is 2.52 bits per heavy atom. The fourth-order valence-corrected chi connectivity index (χ4v) is 5.08. The first kappa shape index (κ1) is 21.3. The maximum Gasteiger partial charge on any atom is 0.338 e. The topological polar surface area (TPSA) is 102 Å². The van der Waals surface area contributed by atoms with Crippen molar-refractivity contribution >= 4 is 17.9 Å². The number of hydrogen-bond donors (Lipinski definition) is 2. The number of carbonyl (C=O) groups excluding carboxylic acids is 2. The van der Waals surface area contributed by atoms with Crippen molar-refractivity contribution in [3.05, 3.63) is 35.9 Å². The van der Waals surface area contributed by atoms with E-state index in [0.29, 0.717) is 17.4 Å². The Balaban J connectivity index is 1.74. The molecule has 0 spiro atoms. The smallest absolute Gasteiger partial charge is 0.338 e. The lowest BCUT2D eigenvalue weighted by molar-refractivity contribution is -0.149. The number of nitrogens with one attached hydrogen (secondary N) is 1. The van der Waals surface area contributed by atoms with Gasteiger partial charge in [-0.1, -0.05) is 25.1 Å². The number of hydrogen-bond acceptors (Lipinski definition) is 6. The van der Waals surface area contributed by atoms with Gasteiger partial charge in [0.15, 0.2) is 0 Å². The first-order valence-corrected chi connectivity index (χ1v) is 10.2. The third kappa shape index (κ3) is 4.78. The summed E-state index contributed by atoms with van der Waals surface area (Å²) in [5, 5.41) is 12.1. The number of carboxylic acid groups (broad SMARTS) is 1. The summed E-state index contributed by atoms with van der Waals surface area (Å²) < 4.78 is 11.4. The van der Waals surface area contributed by atoms with Crippen LogP contribution in [0.5, 0.6) is 0 Å². The van der Waals surface area contributed by atoms with E-state index in [4.69, 9.17) is 14.6 Å². The molecular formula is C22H29NO6. The fraction of sp³-hybridized carbons (Fsp3) is 0.591. The van der Waals surface area contributed by atoms with E-state index in [9.17, 15) is 14.4 Å². The Bertz CT molecular complexity index is 736. The minimum Gasteiger partial charge on any atom is -0.481 e. The number of rotatable bonds is 8. The highest BCUT2D eigenvalue weighted by molar-refractivity contribution is 5.89. The predicted molar refractivity (Wildman–Crippen MR) is 105 cm³/mol. The summed E-state index contributed by atoms with van der Waals surface area (Å²) in [5.41, 5.74) is 0.500. The van der Waals surface area contributed by atoms with Gasteiger partial charge >= 0.3 is 17.9 Å². The second-order valence-corrected chi connectivity index (χ2v) is 8.09. The van der Waals surface area contributed by atoms with Gasteiger partial charge in [-0.15, -0.1) is 0 Å². The van der Waals surface area contributed by atoms with Crippen LogP contribution in [0.1, 0.15) is 43.0 Å². The second-order valence-electron chi connectivity index (χ2n) is 8.09. The lowest BCUT2D eigenvalue weighted by Crippen LogP contribution is -2.41. The van der Waals surface area contributed by atoms with Crippen LogP contribution in [0.15, 0.2) is 30.3 Å². The van der Waals surface area contributed by atoms with Crippen molar-refractivity contribution in [2.75, 3.05) is 13.7 Å². The molecule has 0 aliphatic heterocycles. The fourth-order valence-electron chi connectivity index (χ4n) is 5.08. The van der Waals surface area contributed by atoms with Gasteiger partial charge in [0.05, 0.1) is 25.0 Å². The minimum atomic E-state index is -1.03. The van der Waals surface area contributed by atoms with Gasteiger partial charge in [-0.3, -0.25) is 9.59 Å². The van der Waals surface area contributed by atoms with E-state index in [-0.39, 0.29) is 49.4 Å². The molecule has 2 N–H and O–H groups in total. The largest absolute Gasteiger partial charge is 0.481 e. The average molecular weight is 403 g/mol. The number of carboxylic acids is 1. The molecule has 29 heavy (non-hydrogen) atoms. The molecule has 2 aliphatic rings. The van der Waals surface area contributed by atoms with Gasteiger partial charge in [-0.05, 0) is 43.9 Å². The quantitative estimate of drug-likeness (QED) is 0.643. The van der Waals surface area contributed by atoms with Gasteiger partial charge < -0.3 is 19.9 Å². The summed E-state index contributed by atoms with van der Waals surface area (Å²) in [5.74, 6) is -1.13. The summed E-state index contributed by atoms with van der Waals surface area (Å²) >= 11 is 0. The zero-order chi connectivity index (χ0) is 21.0. The summed E-state index contributed by atoms with van der Waals surface area (Å²) in [4.78, 5) is 35.3. The summed E-state index contributed by atoms with van der Waals surface area (Å²) in [7, 11) is 1.88. The van der Waals surface area contributed by atoms with Gasteiger partial charge in [0.2, 0.25) is 0 Å². The molecule has 0 bridgehead atoms. The molecule has 0 radical (unpaired) electrons. The Morgan fingerprint density at radius 2 is 1.86 bits per heavy atom. The molecule has 6 unspecified atom stereocenters. The van der Waals surface area contributed by atoms with E-state index in [0.717, 1.165) is 12.8 Å². The van der Waals surface area contributed by atoms with Crippen molar-refractivity contribution in [1.29, 1.82) is 0 Å².